The lowest BCUT2D eigenvalue weighted by Gasteiger charge is -2.18. The number of benzene rings is 2. The van der Waals surface area contributed by atoms with E-state index in [2.05, 4.69) is 22.8 Å². The van der Waals surface area contributed by atoms with Gasteiger partial charge in [-0.05, 0) is 29.2 Å². The number of rotatable bonds is 10. The van der Waals surface area contributed by atoms with Crippen LogP contribution in [0.4, 0.5) is 4.79 Å². The van der Waals surface area contributed by atoms with Crippen LogP contribution in [-0.2, 0) is 19.1 Å². The van der Waals surface area contributed by atoms with Crippen LogP contribution in [0, 0.1) is 0 Å². The number of hydrogen-bond acceptors (Lipinski definition) is 5. The molecule has 2 aromatic carbocycles. The van der Waals surface area contributed by atoms with Crippen molar-refractivity contribution in [2.45, 2.75) is 37.8 Å². The lowest BCUT2D eigenvalue weighted by molar-refractivity contribution is -0.142. The number of carbonyl (C=O) groups is 3. The van der Waals surface area contributed by atoms with E-state index in [1.165, 1.54) is 7.11 Å². The summed E-state index contributed by atoms with van der Waals surface area (Å²) in [6.07, 6.45) is -0.534. The van der Waals surface area contributed by atoms with E-state index < -0.39 is 30.1 Å². The minimum Gasteiger partial charge on any atom is -0.480 e. The standard InChI is InChI=1S/C24H28N2O6/c1-15(13-22(27)26-21(23(28)29)11-12-31-2)25-24(30)32-14-20-18-9-5-3-7-16(18)17-8-4-6-10-19(17)20/h3-10,15,20-21H,11-14H2,1-2H3,(H,25,30)(H,26,27)(H,28,29)/t15-,21?/m0/s1. The molecule has 0 heterocycles. The molecule has 8 heteroatoms. The van der Waals surface area contributed by atoms with Gasteiger partial charge in [-0.2, -0.15) is 0 Å². The Bertz CT molecular complexity index is 931. The molecule has 1 unspecified atom stereocenters. The van der Waals surface area contributed by atoms with Gasteiger partial charge in [-0.15, -0.1) is 0 Å². The zero-order valence-electron chi connectivity index (χ0n) is 18.2. The molecule has 32 heavy (non-hydrogen) atoms. The Morgan fingerprint density at radius 3 is 2.16 bits per heavy atom. The van der Waals surface area contributed by atoms with Gasteiger partial charge in [-0.3, -0.25) is 4.79 Å². The highest BCUT2D eigenvalue weighted by molar-refractivity contribution is 5.84. The molecule has 0 saturated carbocycles. The van der Waals surface area contributed by atoms with Gasteiger partial charge in [0.2, 0.25) is 5.91 Å². The van der Waals surface area contributed by atoms with Gasteiger partial charge < -0.3 is 25.2 Å². The number of ether oxygens (including phenoxy) is 2. The molecule has 2 atom stereocenters. The second kappa shape index (κ2) is 10.8. The average molecular weight is 440 g/mol. The van der Waals surface area contributed by atoms with Crippen LogP contribution in [0.5, 0.6) is 0 Å². The lowest BCUT2D eigenvalue weighted by atomic mass is 9.98. The number of methoxy groups -OCH3 is 1. The van der Waals surface area contributed by atoms with E-state index in [1.807, 2.05) is 36.4 Å². The third-order valence-corrected chi connectivity index (χ3v) is 5.44. The maximum atomic E-state index is 12.3. The highest BCUT2D eigenvalue weighted by Gasteiger charge is 2.29. The summed E-state index contributed by atoms with van der Waals surface area (Å²) in [5, 5.41) is 14.3. The van der Waals surface area contributed by atoms with Crippen LogP contribution in [0.3, 0.4) is 0 Å². The number of carboxylic acids is 1. The van der Waals surface area contributed by atoms with Crippen LogP contribution in [0.1, 0.15) is 36.8 Å². The Morgan fingerprint density at radius 1 is 1.00 bits per heavy atom. The highest BCUT2D eigenvalue weighted by Crippen LogP contribution is 2.44. The number of carbonyl (C=O) groups excluding carboxylic acids is 2. The molecule has 3 rings (SSSR count). The fourth-order valence-electron chi connectivity index (χ4n) is 3.92. The molecule has 2 aromatic rings. The first-order valence-electron chi connectivity index (χ1n) is 10.5. The van der Waals surface area contributed by atoms with Crippen molar-refractivity contribution in [2.24, 2.45) is 0 Å². The van der Waals surface area contributed by atoms with Gasteiger partial charge in [0.05, 0.1) is 0 Å². The van der Waals surface area contributed by atoms with Crippen LogP contribution >= 0.6 is 0 Å². The Balaban J connectivity index is 1.51. The van der Waals surface area contributed by atoms with Crippen molar-refractivity contribution in [3.63, 3.8) is 0 Å². The molecule has 2 amide bonds. The molecule has 0 saturated heterocycles. The quantitative estimate of drug-likeness (QED) is 0.524. The highest BCUT2D eigenvalue weighted by atomic mass is 16.5. The summed E-state index contributed by atoms with van der Waals surface area (Å²) in [6.45, 7) is 2.05. The zero-order chi connectivity index (χ0) is 23.1. The van der Waals surface area contributed by atoms with Crippen LogP contribution in [0.15, 0.2) is 48.5 Å². The SMILES string of the molecule is COCCC(NC(=O)C[C@H](C)NC(=O)OCC1c2ccccc2-c2ccccc21)C(=O)O. The smallest absolute Gasteiger partial charge is 0.407 e. The second-order valence-corrected chi connectivity index (χ2v) is 7.81. The molecule has 8 nitrogen and oxygen atoms in total. The van der Waals surface area contributed by atoms with Gasteiger partial charge >= 0.3 is 12.1 Å². The Labute approximate surface area is 186 Å². The van der Waals surface area contributed by atoms with Gasteiger partial charge in [-0.25, -0.2) is 9.59 Å². The van der Waals surface area contributed by atoms with Crippen molar-refractivity contribution >= 4 is 18.0 Å². The molecule has 0 spiro atoms. The molecule has 0 bridgehead atoms. The van der Waals surface area contributed by atoms with Crippen LogP contribution in [0.2, 0.25) is 0 Å². The van der Waals surface area contributed by atoms with Crippen LogP contribution < -0.4 is 10.6 Å². The summed E-state index contributed by atoms with van der Waals surface area (Å²) in [5.74, 6) is -1.66. The van der Waals surface area contributed by atoms with E-state index in [0.29, 0.717) is 0 Å². The zero-order valence-corrected chi connectivity index (χ0v) is 18.2. The maximum absolute atomic E-state index is 12.3. The summed E-state index contributed by atoms with van der Waals surface area (Å²) in [6, 6.07) is 14.5. The summed E-state index contributed by atoms with van der Waals surface area (Å²) in [4.78, 5) is 35.7. The van der Waals surface area contributed by atoms with E-state index in [9.17, 15) is 19.5 Å². The molecule has 3 N–H and O–H groups in total. The van der Waals surface area contributed by atoms with Crippen molar-refractivity contribution in [1.29, 1.82) is 0 Å². The predicted molar refractivity (Wildman–Crippen MR) is 118 cm³/mol. The minimum atomic E-state index is -1.13. The summed E-state index contributed by atoms with van der Waals surface area (Å²) in [7, 11) is 1.46. The number of hydrogen-bond donors (Lipinski definition) is 3. The topological polar surface area (TPSA) is 114 Å². The monoisotopic (exact) mass is 440 g/mol. The number of carboxylic acid groups (broad SMARTS) is 1. The van der Waals surface area contributed by atoms with E-state index >= 15 is 0 Å². The summed E-state index contributed by atoms with van der Waals surface area (Å²) in [5.41, 5.74) is 4.52. The van der Waals surface area contributed by atoms with Gasteiger partial charge in [0, 0.05) is 38.5 Å². The van der Waals surface area contributed by atoms with Crippen molar-refractivity contribution in [3.8, 4) is 11.1 Å². The van der Waals surface area contributed by atoms with Crippen LogP contribution in [0.25, 0.3) is 11.1 Å². The van der Waals surface area contributed by atoms with E-state index in [0.717, 1.165) is 22.3 Å². The number of aliphatic carboxylic acids is 1. The van der Waals surface area contributed by atoms with Gasteiger partial charge in [0.25, 0.3) is 0 Å². The molecule has 1 aliphatic carbocycles. The normalized spacial score (nSPS) is 14.1. The second-order valence-electron chi connectivity index (χ2n) is 7.81. The van der Waals surface area contributed by atoms with E-state index in [1.54, 1.807) is 6.92 Å². The molecular weight excluding hydrogens is 412 g/mol. The molecule has 1 aliphatic rings. The van der Waals surface area contributed by atoms with Crippen molar-refractivity contribution in [3.05, 3.63) is 59.7 Å². The molecule has 0 aromatic heterocycles. The van der Waals surface area contributed by atoms with Gasteiger partial charge in [-0.1, -0.05) is 48.5 Å². The van der Waals surface area contributed by atoms with Crippen molar-refractivity contribution in [2.75, 3.05) is 20.3 Å². The van der Waals surface area contributed by atoms with Crippen LogP contribution in [-0.4, -0.2) is 55.5 Å². The maximum Gasteiger partial charge on any atom is 0.407 e. The average Bonchev–Trinajstić information content (AvgIpc) is 3.08. The number of nitrogens with one attached hydrogen (secondary N) is 2. The molecule has 170 valence electrons. The first kappa shape index (κ1) is 23.3. The molecular formula is C24H28N2O6. The first-order valence-corrected chi connectivity index (χ1v) is 10.5. The van der Waals surface area contributed by atoms with Crippen molar-refractivity contribution < 1.29 is 29.0 Å². The van der Waals surface area contributed by atoms with Gasteiger partial charge in [0.1, 0.15) is 12.6 Å². The molecule has 0 aliphatic heterocycles. The minimum absolute atomic E-state index is 0.0520. The van der Waals surface area contributed by atoms with Gasteiger partial charge in [0.15, 0.2) is 0 Å². The number of fused-ring (bicyclic) bond motifs is 3. The number of amides is 2. The van der Waals surface area contributed by atoms with E-state index in [-0.39, 0.29) is 32.0 Å². The fraction of sp³-hybridized carbons (Fsp3) is 0.375. The first-order chi connectivity index (χ1) is 15.4. The van der Waals surface area contributed by atoms with E-state index in [4.69, 9.17) is 9.47 Å². The fourth-order valence-corrected chi connectivity index (χ4v) is 3.92. The Kier molecular flexibility index (Phi) is 7.83. The molecule has 0 radical (unpaired) electrons. The predicted octanol–water partition coefficient (Wildman–Crippen LogP) is 2.91. The third kappa shape index (κ3) is 5.64. The lowest BCUT2D eigenvalue weighted by Crippen LogP contribution is -2.44. The summed E-state index contributed by atoms with van der Waals surface area (Å²) < 4.78 is 10.3. The summed E-state index contributed by atoms with van der Waals surface area (Å²) >= 11 is 0. The Morgan fingerprint density at radius 2 is 1.59 bits per heavy atom. The third-order valence-electron chi connectivity index (χ3n) is 5.44. The number of alkyl carbamates (subject to hydrolysis) is 1. The molecule has 0 fully saturated rings. The largest absolute Gasteiger partial charge is 0.480 e. The van der Waals surface area contributed by atoms with Crippen molar-refractivity contribution in [1.82, 2.24) is 10.6 Å². The Hall–Kier alpha value is -3.39.